The molecule has 4 aromatic rings. The third-order valence-electron chi connectivity index (χ3n) is 4.34. The van der Waals surface area contributed by atoms with E-state index in [9.17, 15) is 9.59 Å². The average molecular weight is 422 g/mol. The summed E-state index contributed by atoms with van der Waals surface area (Å²) in [6.45, 7) is 1.79. The Hall–Kier alpha value is -3.22. The maximum Gasteiger partial charge on any atom is 0.265 e. The Labute approximate surface area is 176 Å². The van der Waals surface area contributed by atoms with Crippen molar-refractivity contribution >= 4 is 57.0 Å². The van der Waals surface area contributed by atoms with Crippen LogP contribution in [0.1, 0.15) is 25.7 Å². The van der Waals surface area contributed by atoms with E-state index in [-0.39, 0.29) is 11.8 Å². The van der Waals surface area contributed by atoms with Crippen molar-refractivity contribution in [1.29, 1.82) is 0 Å². The van der Waals surface area contributed by atoms with Gasteiger partial charge in [-0.2, -0.15) is 0 Å². The van der Waals surface area contributed by atoms with Gasteiger partial charge >= 0.3 is 0 Å². The fraction of sp³-hybridized carbons (Fsp3) is 0.0455. The van der Waals surface area contributed by atoms with Crippen molar-refractivity contribution in [2.75, 3.05) is 10.6 Å². The zero-order valence-corrected chi connectivity index (χ0v) is 17.0. The fourth-order valence-corrected chi connectivity index (χ4v) is 3.75. The molecule has 7 heteroatoms. The van der Waals surface area contributed by atoms with E-state index in [0.717, 1.165) is 10.9 Å². The average Bonchev–Trinajstić information content (AvgIpc) is 3.23. The Kier molecular flexibility index (Phi) is 5.29. The Morgan fingerprint density at radius 2 is 1.69 bits per heavy atom. The van der Waals surface area contributed by atoms with Crippen LogP contribution in [0.5, 0.6) is 0 Å². The van der Waals surface area contributed by atoms with E-state index in [1.807, 2.05) is 17.5 Å². The number of carbonyl (C=O) groups is 2. The molecule has 0 fully saturated rings. The number of benzene rings is 2. The van der Waals surface area contributed by atoms with E-state index in [1.54, 1.807) is 55.5 Å². The lowest BCUT2D eigenvalue weighted by Crippen LogP contribution is -2.15. The van der Waals surface area contributed by atoms with Crippen molar-refractivity contribution < 1.29 is 9.59 Å². The van der Waals surface area contributed by atoms with Crippen molar-refractivity contribution in [2.45, 2.75) is 6.92 Å². The van der Waals surface area contributed by atoms with E-state index in [1.165, 1.54) is 11.3 Å². The fourth-order valence-electron chi connectivity index (χ4n) is 2.95. The van der Waals surface area contributed by atoms with Crippen LogP contribution in [0.2, 0.25) is 5.02 Å². The number of carbonyl (C=O) groups excluding carboxylic acids is 2. The number of aromatic nitrogens is 1. The molecule has 0 unspecified atom stereocenters. The third-order valence-corrected chi connectivity index (χ3v) is 5.44. The highest BCUT2D eigenvalue weighted by atomic mass is 35.5. The SMILES string of the molecule is Cc1nc2ccc(Cl)cc2cc1C(=O)Nc1cccc(NC(=O)c2cccs2)c1. The smallest absolute Gasteiger partial charge is 0.265 e. The summed E-state index contributed by atoms with van der Waals surface area (Å²) in [6, 6.07) is 17.7. The number of rotatable bonds is 4. The first-order chi connectivity index (χ1) is 14.0. The first-order valence-corrected chi connectivity index (χ1v) is 10.1. The minimum absolute atomic E-state index is 0.185. The Balaban J connectivity index is 1.55. The van der Waals surface area contributed by atoms with Gasteiger partial charge in [0.1, 0.15) is 0 Å². The normalized spacial score (nSPS) is 10.7. The number of hydrogen-bond acceptors (Lipinski definition) is 4. The minimum Gasteiger partial charge on any atom is -0.322 e. The molecule has 4 rings (SSSR count). The largest absolute Gasteiger partial charge is 0.322 e. The van der Waals surface area contributed by atoms with Crippen LogP contribution in [-0.2, 0) is 0 Å². The van der Waals surface area contributed by atoms with E-state index in [4.69, 9.17) is 11.6 Å². The molecule has 0 bridgehead atoms. The lowest BCUT2D eigenvalue weighted by molar-refractivity contribution is 0.102. The van der Waals surface area contributed by atoms with Gasteiger partial charge in [0.25, 0.3) is 11.8 Å². The second-order valence-corrected chi connectivity index (χ2v) is 7.81. The highest BCUT2D eigenvalue weighted by molar-refractivity contribution is 7.12. The molecule has 0 aliphatic rings. The molecule has 2 aromatic heterocycles. The maximum absolute atomic E-state index is 12.8. The number of anilines is 2. The summed E-state index contributed by atoms with van der Waals surface area (Å²) in [4.78, 5) is 30.1. The standard InChI is InChI=1S/C22H16ClN3O2S/c1-13-18(11-14-10-15(23)7-8-19(14)24-13)21(27)25-16-4-2-5-17(12-16)26-22(28)20-6-3-9-29-20/h2-12H,1H3,(H,25,27)(H,26,28). The summed E-state index contributed by atoms with van der Waals surface area (Å²) >= 11 is 7.42. The second-order valence-electron chi connectivity index (χ2n) is 6.42. The monoisotopic (exact) mass is 421 g/mol. The van der Waals surface area contributed by atoms with Crippen molar-refractivity contribution in [3.05, 3.63) is 87.2 Å². The van der Waals surface area contributed by atoms with Crippen molar-refractivity contribution in [3.63, 3.8) is 0 Å². The Morgan fingerprint density at radius 3 is 2.41 bits per heavy atom. The third kappa shape index (κ3) is 4.29. The highest BCUT2D eigenvalue weighted by Crippen LogP contribution is 2.22. The van der Waals surface area contributed by atoms with Crippen LogP contribution in [0, 0.1) is 6.92 Å². The van der Waals surface area contributed by atoms with Gasteiger partial charge in [0.05, 0.1) is 21.7 Å². The number of hydrogen-bond donors (Lipinski definition) is 2. The predicted octanol–water partition coefficient (Wildman–Crippen LogP) is 5.76. The number of nitrogens with zero attached hydrogens (tertiary/aromatic N) is 1. The molecule has 2 amide bonds. The minimum atomic E-state index is -0.279. The highest BCUT2D eigenvalue weighted by Gasteiger charge is 2.13. The van der Waals surface area contributed by atoms with Crippen LogP contribution in [0.25, 0.3) is 10.9 Å². The lowest BCUT2D eigenvalue weighted by Gasteiger charge is -2.11. The first-order valence-electron chi connectivity index (χ1n) is 8.83. The van der Waals surface area contributed by atoms with E-state index in [2.05, 4.69) is 15.6 Å². The topological polar surface area (TPSA) is 71.1 Å². The molecular weight excluding hydrogens is 406 g/mol. The summed E-state index contributed by atoms with van der Waals surface area (Å²) in [7, 11) is 0. The van der Waals surface area contributed by atoms with Crippen LogP contribution < -0.4 is 10.6 Å². The molecule has 2 heterocycles. The summed E-state index contributed by atoms with van der Waals surface area (Å²) in [5.41, 5.74) is 3.04. The van der Waals surface area contributed by atoms with E-state index < -0.39 is 0 Å². The van der Waals surface area contributed by atoms with E-state index in [0.29, 0.717) is 32.5 Å². The quantitative estimate of drug-likeness (QED) is 0.440. The van der Waals surface area contributed by atoms with Gasteiger partial charge in [0.15, 0.2) is 0 Å². The van der Waals surface area contributed by atoms with Crippen LogP contribution in [0.3, 0.4) is 0 Å². The summed E-state index contributed by atoms with van der Waals surface area (Å²) in [5, 5.41) is 8.93. The molecule has 0 saturated carbocycles. The zero-order valence-electron chi connectivity index (χ0n) is 15.4. The van der Waals surface area contributed by atoms with Gasteiger partial charge in [-0.3, -0.25) is 14.6 Å². The summed E-state index contributed by atoms with van der Waals surface area (Å²) in [6.07, 6.45) is 0. The Morgan fingerprint density at radius 1 is 0.931 bits per heavy atom. The number of pyridine rings is 1. The van der Waals surface area contributed by atoms with Gasteiger partial charge in [0, 0.05) is 21.8 Å². The van der Waals surface area contributed by atoms with Gasteiger partial charge < -0.3 is 10.6 Å². The van der Waals surface area contributed by atoms with Gasteiger partial charge in [-0.1, -0.05) is 23.7 Å². The molecule has 0 saturated heterocycles. The molecule has 0 spiro atoms. The predicted molar refractivity (Wildman–Crippen MR) is 118 cm³/mol. The molecular formula is C22H16ClN3O2S. The molecule has 2 N–H and O–H groups in total. The number of amides is 2. The molecule has 0 radical (unpaired) electrons. The van der Waals surface area contributed by atoms with Crippen LogP contribution in [0.4, 0.5) is 11.4 Å². The lowest BCUT2D eigenvalue weighted by atomic mass is 10.1. The zero-order chi connectivity index (χ0) is 20.4. The van der Waals surface area contributed by atoms with Crippen molar-refractivity contribution in [2.24, 2.45) is 0 Å². The molecule has 0 aliphatic heterocycles. The molecule has 0 aliphatic carbocycles. The van der Waals surface area contributed by atoms with Crippen LogP contribution in [-0.4, -0.2) is 16.8 Å². The molecule has 29 heavy (non-hydrogen) atoms. The molecule has 0 atom stereocenters. The van der Waals surface area contributed by atoms with Gasteiger partial charge in [-0.05, 0) is 60.8 Å². The number of halogens is 1. The van der Waals surface area contributed by atoms with Gasteiger partial charge in [0.2, 0.25) is 0 Å². The second kappa shape index (κ2) is 8.03. The van der Waals surface area contributed by atoms with Crippen LogP contribution in [0.15, 0.2) is 66.0 Å². The Bertz CT molecular complexity index is 1220. The summed E-state index contributed by atoms with van der Waals surface area (Å²) in [5.74, 6) is -0.464. The van der Waals surface area contributed by atoms with E-state index >= 15 is 0 Å². The maximum atomic E-state index is 12.8. The molecule has 2 aromatic carbocycles. The number of aryl methyl sites for hydroxylation is 1. The first kappa shape index (κ1) is 19.1. The summed E-state index contributed by atoms with van der Waals surface area (Å²) < 4.78 is 0. The van der Waals surface area contributed by atoms with Gasteiger partial charge in [-0.15, -0.1) is 11.3 Å². The number of fused-ring (bicyclic) bond motifs is 1. The number of thiophene rings is 1. The molecule has 144 valence electrons. The van der Waals surface area contributed by atoms with Crippen LogP contribution >= 0.6 is 22.9 Å². The van der Waals surface area contributed by atoms with Crippen molar-refractivity contribution in [1.82, 2.24) is 4.98 Å². The van der Waals surface area contributed by atoms with Crippen molar-refractivity contribution in [3.8, 4) is 0 Å². The number of nitrogens with one attached hydrogen (secondary N) is 2. The molecule has 5 nitrogen and oxygen atoms in total. The van der Waals surface area contributed by atoms with Gasteiger partial charge in [-0.25, -0.2) is 0 Å².